The molecular weight excluding hydrogens is 363 g/mol. The summed E-state index contributed by atoms with van der Waals surface area (Å²) in [7, 11) is 0. The summed E-state index contributed by atoms with van der Waals surface area (Å²) >= 11 is 0.312. The Balaban J connectivity index is 1.66. The number of rotatable bonds is 7. The number of imidazole rings is 1. The molecule has 0 aliphatic rings. The standard InChI is InChI=1S/C18H16F3N3OS/c19-13-5-3-4-12(10-13)8-9-22-16(25)11-24-15-7-2-1-6-14(15)23-18(24)26-17(20)21/h1-7,10,17H,8-9,11H2,(H,22,25). The van der Waals surface area contributed by atoms with Crippen LogP contribution in [0.15, 0.2) is 53.7 Å². The first kappa shape index (κ1) is 18.3. The first-order valence-corrected chi connectivity index (χ1v) is 8.82. The van der Waals surface area contributed by atoms with Crippen LogP contribution in [-0.4, -0.2) is 27.8 Å². The van der Waals surface area contributed by atoms with Gasteiger partial charge in [-0.25, -0.2) is 9.37 Å². The second-order valence-electron chi connectivity index (χ2n) is 5.58. The maximum atomic E-state index is 13.1. The quantitative estimate of drug-likeness (QED) is 0.635. The fraction of sp³-hybridized carbons (Fsp3) is 0.222. The molecule has 8 heteroatoms. The Morgan fingerprint density at radius 2 is 2.00 bits per heavy atom. The summed E-state index contributed by atoms with van der Waals surface area (Å²) in [5.41, 5.74) is 1.95. The highest BCUT2D eigenvalue weighted by Gasteiger charge is 2.17. The molecule has 0 aliphatic heterocycles. The van der Waals surface area contributed by atoms with Crippen LogP contribution in [0.3, 0.4) is 0 Å². The van der Waals surface area contributed by atoms with Crippen molar-refractivity contribution < 1.29 is 18.0 Å². The summed E-state index contributed by atoms with van der Waals surface area (Å²) < 4.78 is 40.2. The molecule has 0 aliphatic carbocycles. The van der Waals surface area contributed by atoms with Gasteiger partial charge in [-0.3, -0.25) is 4.79 Å². The Labute approximate surface area is 152 Å². The van der Waals surface area contributed by atoms with Crippen LogP contribution < -0.4 is 5.32 Å². The molecule has 136 valence electrons. The van der Waals surface area contributed by atoms with Crippen molar-refractivity contribution in [2.45, 2.75) is 23.9 Å². The molecule has 3 aromatic rings. The van der Waals surface area contributed by atoms with E-state index >= 15 is 0 Å². The van der Waals surface area contributed by atoms with Crippen LogP contribution in [0.25, 0.3) is 11.0 Å². The van der Waals surface area contributed by atoms with Gasteiger partial charge in [0.1, 0.15) is 12.4 Å². The zero-order valence-corrected chi connectivity index (χ0v) is 14.5. The number of alkyl halides is 2. The zero-order valence-electron chi connectivity index (χ0n) is 13.7. The average molecular weight is 379 g/mol. The SMILES string of the molecule is O=C(Cn1c(SC(F)F)nc2ccccc21)NCCc1cccc(F)c1. The highest BCUT2D eigenvalue weighted by molar-refractivity contribution is 7.99. The Morgan fingerprint density at radius 1 is 1.19 bits per heavy atom. The van der Waals surface area contributed by atoms with Crippen molar-refractivity contribution in [1.29, 1.82) is 0 Å². The molecule has 0 spiro atoms. The first-order valence-electron chi connectivity index (χ1n) is 7.94. The van der Waals surface area contributed by atoms with Crippen LogP contribution in [0.4, 0.5) is 13.2 Å². The lowest BCUT2D eigenvalue weighted by molar-refractivity contribution is -0.121. The van der Waals surface area contributed by atoms with Crippen LogP contribution in [0.1, 0.15) is 5.56 Å². The van der Waals surface area contributed by atoms with Gasteiger partial charge >= 0.3 is 0 Å². The van der Waals surface area contributed by atoms with Gasteiger partial charge in [-0.2, -0.15) is 8.78 Å². The van der Waals surface area contributed by atoms with Crippen molar-refractivity contribution in [2.24, 2.45) is 0 Å². The van der Waals surface area contributed by atoms with Crippen LogP contribution in [0, 0.1) is 5.82 Å². The maximum absolute atomic E-state index is 13.1. The lowest BCUT2D eigenvalue weighted by atomic mass is 10.1. The van der Waals surface area contributed by atoms with Gasteiger partial charge in [0, 0.05) is 6.54 Å². The largest absolute Gasteiger partial charge is 0.354 e. The van der Waals surface area contributed by atoms with Crippen molar-refractivity contribution >= 4 is 28.7 Å². The van der Waals surface area contributed by atoms with Gasteiger partial charge < -0.3 is 9.88 Å². The van der Waals surface area contributed by atoms with Crippen LogP contribution in [-0.2, 0) is 17.8 Å². The number of amides is 1. The Kier molecular flexibility index (Phi) is 5.82. The topological polar surface area (TPSA) is 46.9 Å². The van der Waals surface area contributed by atoms with Gasteiger partial charge in [0.2, 0.25) is 5.91 Å². The molecule has 0 saturated carbocycles. The second-order valence-corrected chi connectivity index (χ2v) is 6.53. The summed E-state index contributed by atoms with van der Waals surface area (Å²) in [5, 5.41) is 2.83. The van der Waals surface area contributed by atoms with E-state index in [0.717, 1.165) is 5.56 Å². The summed E-state index contributed by atoms with van der Waals surface area (Å²) in [6, 6.07) is 13.1. The number of nitrogens with zero attached hydrogens (tertiary/aromatic N) is 2. The van der Waals surface area contributed by atoms with Crippen LogP contribution in [0.2, 0.25) is 0 Å². The van der Waals surface area contributed by atoms with E-state index in [1.54, 1.807) is 36.4 Å². The number of aromatic nitrogens is 2. The number of hydrogen-bond acceptors (Lipinski definition) is 3. The lowest BCUT2D eigenvalue weighted by Gasteiger charge is -2.09. The normalized spacial score (nSPS) is 11.2. The Morgan fingerprint density at radius 3 is 2.77 bits per heavy atom. The van der Waals surface area contributed by atoms with E-state index in [1.165, 1.54) is 16.7 Å². The number of carbonyl (C=O) groups is 1. The zero-order chi connectivity index (χ0) is 18.5. The summed E-state index contributed by atoms with van der Waals surface area (Å²) in [5.74, 6) is -3.27. The number of thioether (sulfide) groups is 1. The predicted octanol–water partition coefficient (Wildman–Crippen LogP) is 3.85. The van der Waals surface area contributed by atoms with Gasteiger partial charge in [0.05, 0.1) is 11.0 Å². The van der Waals surface area contributed by atoms with E-state index in [-0.39, 0.29) is 23.4 Å². The summed E-state index contributed by atoms with van der Waals surface area (Å²) in [6.07, 6.45) is 0.479. The van der Waals surface area contributed by atoms with Gasteiger partial charge in [-0.05, 0) is 48.0 Å². The van der Waals surface area contributed by atoms with Crippen molar-refractivity contribution in [1.82, 2.24) is 14.9 Å². The van der Waals surface area contributed by atoms with Crippen LogP contribution in [0.5, 0.6) is 0 Å². The van der Waals surface area contributed by atoms with Gasteiger partial charge in [-0.1, -0.05) is 24.3 Å². The lowest BCUT2D eigenvalue weighted by Crippen LogP contribution is -2.29. The van der Waals surface area contributed by atoms with E-state index in [1.807, 2.05) is 0 Å². The Hall–Kier alpha value is -2.48. The fourth-order valence-corrected chi connectivity index (χ4v) is 3.21. The molecule has 0 atom stereocenters. The monoisotopic (exact) mass is 379 g/mol. The molecule has 1 aromatic heterocycles. The van der Waals surface area contributed by atoms with Crippen molar-refractivity contribution in [3.05, 3.63) is 59.9 Å². The number of para-hydroxylation sites is 2. The molecule has 0 unspecified atom stereocenters. The highest BCUT2D eigenvalue weighted by atomic mass is 32.2. The van der Waals surface area contributed by atoms with Crippen molar-refractivity contribution in [3.8, 4) is 0 Å². The van der Waals surface area contributed by atoms with Crippen molar-refractivity contribution in [3.63, 3.8) is 0 Å². The molecule has 2 aromatic carbocycles. The Bertz CT molecular complexity index is 914. The highest BCUT2D eigenvalue weighted by Crippen LogP contribution is 2.28. The predicted molar refractivity (Wildman–Crippen MR) is 94.7 cm³/mol. The molecule has 26 heavy (non-hydrogen) atoms. The summed E-state index contributed by atoms with van der Waals surface area (Å²) in [4.78, 5) is 16.4. The molecule has 1 heterocycles. The second kappa shape index (κ2) is 8.27. The summed E-state index contributed by atoms with van der Waals surface area (Å²) in [6.45, 7) is 0.213. The third-order valence-corrected chi connectivity index (χ3v) is 4.44. The van der Waals surface area contributed by atoms with Gasteiger partial charge in [0.15, 0.2) is 5.16 Å². The number of nitrogens with one attached hydrogen (secondary N) is 1. The molecule has 0 saturated heterocycles. The maximum Gasteiger partial charge on any atom is 0.291 e. The molecule has 0 fully saturated rings. The minimum absolute atomic E-state index is 0.0986. The minimum atomic E-state index is -2.62. The van der Waals surface area contributed by atoms with E-state index < -0.39 is 5.76 Å². The third-order valence-electron chi connectivity index (χ3n) is 3.74. The van der Waals surface area contributed by atoms with E-state index in [2.05, 4.69) is 10.3 Å². The fourth-order valence-electron chi connectivity index (χ4n) is 2.61. The van der Waals surface area contributed by atoms with E-state index in [4.69, 9.17) is 0 Å². The molecule has 3 rings (SSSR count). The first-order chi connectivity index (χ1) is 12.5. The average Bonchev–Trinajstić information content (AvgIpc) is 2.92. The van der Waals surface area contributed by atoms with Crippen molar-refractivity contribution in [2.75, 3.05) is 6.54 Å². The third kappa shape index (κ3) is 4.57. The van der Waals surface area contributed by atoms with E-state index in [0.29, 0.717) is 35.8 Å². The van der Waals surface area contributed by atoms with Gasteiger partial charge in [0.25, 0.3) is 5.76 Å². The molecule has 1 N–H and O–H groups in total. The van der Waals surface area contributed by atoms with Gasteiger partial charge in [-0.15, -0.1) is 0 Å². The number of benzene rings is 2. The smallest absolute Gasteiger partial charge is 0.291 e. The number of halogens is 3. The number of carbonyl (C=O) groups excluding carboxylic acids is 1. The molecular formula is C18H16F3N3OS. The molecule has 4 nitrogen and oxygen atoms in total. The number of fused-ring (bicyclic) bond motifs is 1. The van der Waals surface area contributed by atoms with Crippen LogP contribution >= 0.6 is 11.8 Å². The molecule has 1 amide bonds. The molecule has 0 radical (unpaired) electrons. The molecule has 0 bridgehead atoms. The number of hydrogen-bond donors (Lipinski definition) is 1. The minimum Gasteiger partial charge on any atom is -0.354 e. The van der Waals surface area contributed by atoms with E-state index in [9.17, 15) is 18.0 Å².